The molecule has 0 saturated heterocycles. The molecule has 0 radical (unpaired) electrons. The fourth-order valence-electron chi connectivity index (χ4n) is 2.07. The van der Waals surface area contributed by atoms with Crippen LogP contribution in [0, 0.1) is 18.3 Å². The molecule has 0 saturated carbocycles. The van der Waals surface area contributed by atoms with Crippen LogP contribution in [-0.2, 0) is 6.54 Å². The molecule has 2 rings (SSSR count). The van der Waals surface area contributed by atoms with Gasteiger partial charge in [-0.15, -0.1) is 0 Å². The molecule has 6 nitrogen and oxygen atoms in total. The smallest absolute Gasteiger partial charge is 0.269 e. The van der Waals surface area contributed by atoms with E-state index in [0.717, 1.165) is 5.69 Å². The molecule has 0 bridgehead atoms. The monoisotopic (exact) mass is 285 g/mol. The van der Waals surface area contributed by atoms with Crippen molar-refractivity contribution in [1.29, 1.82) is 5.26 Å². The Labute approximate surface area is 122 Å². The highest BCUT2D eigenvalue weighted by atomic mass is 16.5. The summed E-state index contributed by atoms with van der Waals surface area (Å²) in [7, 11) is 3.06. The molecule has 0 spiro atoms. The van der Waals surface area contributed by atoms with Crippen LogP contribution in [0.2, 0.25) is 0 Å². The first kappa shape index (κ1) is 14.6. The molecule has 108 valence electrons. The summed E-state index contributed by atoms with van der Waals surface area (Å²) < 4.78 is 12.0. The second kappa shape index (κ2) is 6.09. The Hall–Kier alpha value is -2.81. The van der Waals surface area contributed by atoms with E-state index in [4.69, 9.17) is 14.7 Å². The third-order valence-electron chi connectivity index (χ3n) is 3.19. The van der Waals surface area contributed by atoms with E-state index in [-0.39, 0.29) is 17.7 Å². The van der Waals surface area contributed by atoms with Gasteiger partial charge in [0.2, 0.25) is 0 Å². The minimum atomic E-state index is -0.343. The van der Waals surface area contributed by atoms with Gasteiger partial charge < -0.3 is 14.0 Å². The van der Waals surface area contributed by atoms with Gasteiger partial charge in [-0.3, -0.25) is 9.78 Å². The number of aromatic nitrogens is 2. The van der Waals surface area contributed by atoms with Crippen LogP contribution < -0.4 is 15.0 Å². The second-order valence-corrected chi connectivity index (χ2v) is 4.38. The van der Waals surface area contributed by atoms with Crippen LogP contribution in [0.3, 0.4) is 0 Å². The summed E-state index contributed by atoms with van der Waals surface area (Å²) in [6, 6.07) is 6.82. The fraction of sp³-hybridized carbons (Fsp3) is 0.267. The molecular weight excluding hydrogens is 270 g/mol. The number of hydrogen-bond donors (Lipinski definition) is 0. The van der Waals surface area contributed by atoms with Crippen LogP contribution in [0.15, 0.2) is 29.2 Å². The van der Waals surface area contributed by atoms with Crippen molar-refractivity contribution in [2.24, 2.45) is 0 Å². The summed E-state index contributed by atoms with van der Waals surface area (Å²) in [4.78, 5) is 16.5. The molecule has 2 heterocycles. The van der Waals surface area contributed by atoms with Gasteiger partial charge in [-0.2, -0.15) is 5.26 Å². The van der Waals surface area contributed by atoms with Gasteiger partial charge in [0, 0.05) is 18.0 Å². The maximum Gasteiger partial charge on any atom is 0.269 e. The van der Waals surface area contributed by atoms with E-state index >= 15 is 0 Å². The first-order valence-electron chi connectivity index (χ1n) is 6.28. The number of nitrogens with zero attached hydrogens (tertiary/aromatic N) is 3. The van der Waals surface area contributed by atoms with Crippen LogP contribution in [0.25, 0.3) is 0 Å². The number of ether oxygens (including phenoxy) is 2. The highest BCUT2D eigenvalue weighted by Crippen LogP contribution is 2.29. The summed E-state index contributed by atoms with van der Waals surface area (Å²) in [6.07, 6.45) is 1.59. The van der Waals surface area contributed by atoms with Gasteiger partial charge in [0.05, 0.1) is 20.8 Å². The lowest BCUT2D eigenvalue weighted by Crippen LogP contribution is -2.25. The summed E-state index contributed by atoms with van der Waals surface area (Å²) in [6.45, 7) is 2.01. The molecule has 0 aliphatic carbocycles. The summed E-state index contributed by atoms with van der Waals surface area (Å²) in [5.74, 6) is 1.03. The average molecular weight is 285 g/mol. The highest BCUT2D eigenvalue weighted by Gasteiger charge is 2.14. The summed E-state index contributed by atoms with van der Waals surface area (Å²) >= 11 is 0. The lowest BCUT2D eigenvalue weighted by molar-refractivity contribution is 0.348. The number of methoxy groups -OCH3 is 2. The standard InChI is InChI=1S/C15H15N3O3/c1-10-4-5-11(8-16)15(19)18(10)9-12-14(21-3)13(20-2)6-7-17-12/h4-7H,9H2,1-3H3. The quantitative estimate of drug-likeness (QED) is 0.850. The van der Waals surface area contributed by atoms with E-state index < -0.39 is 0 Å². The molecule has 2 aromatic heterocycles. The fourth-order valence-corrected chi connectivity index (χ4v) is 2.07. The lowest BCUT2D eigenvalue weighted by Gasteiger charge is -2.14. The third kappa shape index (κ3) is 2.72. The van der Waals surface area contributed by atoms with E-state index in [1.54, 1.807) is 25.3 Å². The van der Waals surface area contributed by atoms with E-state index in [0.29, 0.717) is 17.2 Å². The van der Waals surface area contributed by atoms with Crippen molar-refractivity contribution in [2.45, 2.75) is 13.5 Å². The van der Waals surface area contributed by atoms with E-state index in [9.17, 15) is 4.79 Å². The zero-order chi connectivity index (χ0) is 15.4. The van der Waals surface area contributed by atoms with Gasteiger partial charge in [0.1, 0.15) is 17.3 Å². The molecule has 6 heteroatoms. The lowest BCUT2D eigenvalue weighted by atomic mass is 10.2. The van der Waals surface area contributed by atoms with Crippen molar-refractivity contribution in [2.75, 3.05) is 14.2 Å². The molecule has 0 aromatic carbocycles. The average Bonchev–Trinajstić information content (AvgIpc) is 2.51. The van der Waals surface area contributed by atoms with Gasteiger partial charge in [-0.05, 0) is 19.1 Å². The maximum atomic E-state index is 12.2. The molecule has 0 N–H and O–H groups in total. The van der Waals surface area contributed by atoms with Crippen LogP contribution in [0.4, 0.5) is 0 Å². The Bertz CT molecular complexity index is 760. The van der Waals surface area contributed by atoms with Crippen molar-refractivity contribution >= 4 is 0 Å². The number of aryl methyl sites for hydroxylation is 1. The third-order valence-corrected chi connectivity index (χ3v) is 3.19. The summed E-state index contributed by atoms with van der Waals surface area (Å²) in [5, 5.41) is 8.96. The second-order valence-electron chi connectivity index (χ2n) is 4.38. The van der Waals surface area contributed by atoms with Gasteiger partial charge in [-0.25, -0.2) is 0 Å². The first-order chi connectivity index (χ1) is 10.1. The largest absolute Gasteiger partial charge is 0.493 e. The zero-order valence-corrected chi connectivity index (χ0v) is 12.1. The maximum absolute atomic E-state index is 12.2. The molecule has 0 atom stereocenters. The number of nitriles is 1. The first-order valence-corrected chi connectivity index (χ1v) is 6.28. The van der Waals surface area contributed by atoms with E-state index in [1.165, 1.54) is 24.9 Å². The van der Waals surface area contributed by atoms with Gasteiger partial charge in [0.25, 0.3) is 5.56 Å². The highest BCUT2D eigenvalue weighted by molar-refractivity contribution is 5.43. The van der Waals surface area contributed by atoms with E-state index in [1.807, 2.05) is 6.07 Å². The molecule has 0 unspecified atom stereocenters. The Morgan fingerprint density at radius 1 is 1.29 bits per heavy atom. The van der Waals surface area contributed by atoms with Crippen LogP contribution in [0.5, 0.6) is 11.5 Å². The number of pyridine rings is 2. The van der Waals surface area contributed by atoms with Crippen molar-refractivity contribution in [3.63, 3.8) is 0 Å². The molecule has 0 aliphatic heterocycles. The Morgan fingerprint density at radius 2 is 2.05 bits per heavy atom. The van der Waals surface area contributed by atoms with Crippen LogP contribution in [-0.4, -0.2) is 23.8 Å². The molecular formula is C15H15N3O3. The SMILES string of the molecule is COc1ccnc(Cn2c(C)ccc(C#N)c2=O)c1OC. The van der Waals surface area contributed by atoms with Gasteiger partial charge in [0.15, 0.2) is 11.5 Å². The zero-order valence-electron chi connectivity index (χ0n) is 12.1. The minimum absolute atomic E-state index is 0.0995. The van der Waals surface area contributed by atoms with Crippen molar-refractivity contribution in [1.82, 2.24) is 9.55 Å². The molecule has 21 heavy (non-hydrogen) atoms. The van der Waals surface area contributed by atoms with Crippen molar-refractivity contribution in [3.05, 3.63) is 51.7 Å². The number of rotatable bonds is 4. The van der Waals surface area contributed by atoms with Gasteiger partial charge >= 0.3 is 0 Å². The van der Waals surface area contributed by atoms with Crippen LogP contribution in [0.1, 0.15) is 17.0 Å². The van der Waals surface area contributed by atoms with Gasteiger partial charge in [-0.1, -0.05) is 0 Å². The Balaban J connectivity index is 2.54. The Morgan fingerprint density at radius 3 is 2.67 bits per heavy atom. The van der Waals surface area contributed by atoms with E-state index in [2.05, 4.69) is 4.98 Å². The van der Waals surface area contributed by atoms with Crippen molar-refractivity contribution < 1.29 is 9.47 Å². The number of hydrogen-bond acceptors (Lipinski definition) is 5. The van der Waals surface area contributed by atoms with Crippen LogP contribution >= 0.6 is 0 Å². The predicted molar refractivity (Wildman–Crippen MR) is 76.6 cm³/mol. The minimum Gasteiger partial charge on any atom is -0.493 e. The normalized spacial score (nSPS) is 10.0. The molecule has 0 aliphatic rings. The Kier molecular flexibility index (Phi) is 4.24. The van der Waals surface area contributed by atoms with Crippen molar-refractivity contribution in [3.8, 4) is 17.6 Å². The predicted octanol–water partition coefficient (Wildman–Crippen LogP) is 1.49. The summed E-state index contributed by atoms with van der Waals surface area (Å²) in [5.41, 5.74) is 1.06. The molecule has 2 aromatic rings. The molecule has 0 amide bonds. The topological polar surface area (TPSA) is 77.1 Å². The molecule has 0 fully saturated rings.